The second kappa shape index (κ2) is 10.3. The molecule has 0 saturated carbocycles. The van der Waals surface area contributed by atoms with Gasteiger partial charge in [0, 0.05) is 0 Å². The lowest BCUT2D eigenvalue weighted by atomic mass is 10.2. The fraction of sp³-hybridized carbons (Fsp3) is 0.583. The van der Waals surface area contributed by atoms with Crippen LogP contribution in [0.25, 0.3) is 0 Å². The van der Waals surface area contributed by atoms with Gasteiger partial charge in [-0.15, -0.1) is 0 Å². The lowest BCUT2D eigenvalue weighted by Crippen LogP contribution is -2.30. The monoisotopic (exact) mass is 255 g/mol. The van der Waals surface area contributed by atoms with E-state index in [1.54, 1.807) is 0 Å². The second-order valence-corrected chi connectivity index (χ2v) is 3.92. The molecule has 0 bridgehead atoms. The maximum Gasteiger partial charge on any atom is 0.244 e. The van der Waals surface area contributed by atoms with Gasteiger partial charge in [0.25, 0.3) is 0 Å². The Bertz CT molecular complexity index is 346. The molecular formula is C12H21N3O3. The Labute approximate surface area is 107 Å². The van der Waals surface area contributed by atoms with Gasteiger partial charge in [-0.25, -0.2) is 9.13 Å². The number of unbranched alkanes of at least 4 members (excludes halogenated alkanes) is 3. The summed E-state index contributed by atoms with van der Waals surface area (Å²) < 4.78 is 4.39. The molecule has 0 unspecified atom stereocenters. The minimum atomic E-state index is -1.75. The molecule has 1 heterocycles. The molecule has 6 nitrogen and oxygen atoms in total. The second-order valence-electron chi connectivity index (χ2n) is 3.92. The smallest absolute Gasteiger partial charge is 0.244 e. The molecule has 0 aliphatic carbocycles. The first-order valence-electron chi connectivity index (χ1n) is 6.07. The van der Waals surface area contributed by atoms with Crippen LogP contribution in [0, 0.1) is 15.3 Å². The van der Waals surface area contributed by atoms with Crippen molar-refractivity contribution in [2.75, 3.05) is 0 Å². The molecule has 0 fully saturated rings. The highest BCUT2D eigenvalue weighted by Crippen LogP contribution is 1.98. The first-order valence-corrected chi connectivity index (χ1v) is 6.07. The van der Waals surface area contributed by atoms with Crippen LogP contribution in [0.1, 0.15) is 32.6 Å². The fourth-order valence-corrected chi connectivity index (χ4v) is 1.55. The fourth-order valence-electron chi connectivity index (χ4n) is 1.55. The third-order valence-corrected chi connectivity index (χ3v) is 2.36. The largest absolute Gasteiger partial charge is 0.356 e. The SMILES string of the molecule is C=CCn1cc[n+](CCCCCC)c1.O=[N+]([O-])[O-]. The quantitative estimate of drug-likeness (QED) is 0.247. The van der Waals surface area contributed by atoms with Crippen LogP contribution in [-0.2, 0) is 13.1 Å². The van der Waals surface area contributed by atoms with Gasteiger partial charge in [-0.1, -0.05) is 32.4 Å². The Morgan fingerprint density at radius 1 is 1.39 bits per heavy atom. The van der Waals surface area contributed by atoms with Crippen LogP contribution >= 0.6 is 0 Å². The summed E-state index contributed by atoms with van der Waals surface area (Å²) in [7, 11) is 0. The summed E-state index contributed by atoms with van der Waals surface area (Å²) in [5, 5.41) is 14.8. The summed E-state index contributed by atoms with van der Waals surface area (Å²) >= 11 is 0. The van der Waals surface area contributed by atoms with E-state index in [1.807, 2.05) is 6.08 Å². The van der Waals surface area contributed by atoms with Gasteiger partial charge < -0.3 is 15.3 Å². The van der Waals surface area contributed by atoms with Crippen molar-refractivity contribution in [2.45, 2.75) is 45.7 Å². The van der Waals surface area contributed by atoms with E-state index in [-0.39, 0.29) is 0 Å². The summed E-state index contributed by atoms with van der Waals surface area (Å²) in [6.07, 6.45) is 13.6. The van der Waals surface area contributed by atoms with Crippen LogP contribution in [-0.4, -0.2) is 9.65 Å². The molecule has 0 N–H and O–H groups in total. The van der Waals surface area contributed by atoms with Gasteiger partial charge in [-0.05, 0) is 12.8 Å². The molecule has 0 aliphatic rings. The van der Waals surface area contributed by atoms with Crippen LogP contribution in [0.4, 0.5) is 0 Å². The van der Waals surface area contributed by atoms with Gasteiger partial charge >= 0.3 is 0 Å². The van der Waals surface area contributed by atoms with Gasteiger partial charge in [0.1, 0.15) is 18.9 Å². The van der Waals surface area contributed by atoms with E-state index < -0.39 is 5.09 Å². The number of nitrogens with zero attached hydrogens (tertiary/aromatic N) is 3. The van der Waals surface area contributed by atoms with E-state index in [4.69, 9.17) is 15.3 Å². The normalized spacial score (nSPS) is 9.39. The molecular weight excluding hydrogens is 234 g/mol. The summed E-state index contributed by atoms with van der Waals surface area (Å²) in [4.78, 5) is 8.25. The van der Waals surface area contributed by atoms with Crippen molar-refractivity contribution < 1.29 is 9.65 Å². The van der Waals surface area contributed by atoms with E-state index in [1.165, 1.54) is 25.7 Å². The molecule has 0 amide bonds. The predicted molar refractivity (Wildman–Crippen MR) is 69.3 cm³/mol. The number of hydrogen-bond acceptors (Lipinski definition) is 3. The lowest BCUT2D eigenvalue weighted by molar-refractivity contribution is -0.696. The van der Waals surface area contributed by atoms with E-state index in [0.29, 0.717) is 0 Å². The van der Waals surface area contributed by atoms with Gasteiger partial charge in [-0.2, -0.15) is 0 Å². The Kier molecular flexibility index (Phi) is 9.25. The number of allylic oxidation sites excluding steroid dienone is 1. The van der Waals surface area contributed by atoms with Crippen molar-refractivity contribution in [3.05, 3.63) is 46.7 Å². The van der Waals surface area contributed by atoms with Crippen LogP contribution in [0.15, 0.2) is 31.4 Å². The van der Waals surface area contributed by atoms with E-state index in [0.717, 1.165) is 13.1 Å². The molecule has 0 aromatic carbocycles. The minimum absolute atomic E-state index is 0.905. The molecule has 6 heteroatoms. The predicted octanol–water partition coefficient (Wildman–Crippen LogP) is 2.30. The lowest BCUT2D eigenvalue weighted by Gasteiger charge is -1.95. The molecule has 0 radical (unpaired) electrons. The first kappa shape index (κ1) is 16.1. The molecule has 1 aromatic rings. The summed E-state index contributed by atoms with van der Waals surface area (Å²) in [5.41, 5.74) is 0. The zero-order valence-electron chi connectivity index (χ0n) is 10.8. The summed E-state index contributed by atoms with van der Waals surface area (Å²) in [6.45, 7) is 8.01. The molecule has 1 rings (SSSR count). The summed E-state index contributed by atoms with van der Waals surface area (Å²) in [5.74, 6) is 0. The Morgan fingerprint density at radius 3 is 2.61 bits per heavy atom. The van der Waals surface area contributed by atoms with Crippen molar-refractivity contribution in [1.29, 1.82) is 0 Å². The number of hydrogen-bond donors (Lipinski definition) is 0. The third-order valence-electron chi connectivity index (χ3n) is 2.36. The van der Waals surface area contributed by atoms with Crippen molar-refractivity contribution >= 4 is 0 Å². The molecule has 0 saturated heterocycles. The van der Waals surface area contributed by atoms with E-state index in [9.17, 15) is 0 Å². The topological polar surface area (TPSA) is 75.0 Å². The zero-order valence-corrected chi connectivity index (χ0v) is 10.8. The molecule has 0 spiro atoms. The molecule has 102 valence electrons. The van der Waals surface area contributed by atoms with Crippen LogP contribution in [0.2, 0.25) is 0 Å². The maximum atomic E-state index is 8.25. The van der Waals surface area contributed by atoms with E-state index >= 15 is 0 Å². The molecule has 0 atom stereocenters. The number of aryl methyl sites for hydroxylation is 1. The number of imidazole rings is 1. The highest BCUT2D eigenvalue weighted by atomic mass is 16.9. The van der Waals surface area contributed by atoms with Gasteiger partial charge in [-0.3, -0.25) is 0 Å². The Morgan fingerprint density at radius 2 is 2.06 bits per heavy atom. The standard InChI is InChI=1S/C12H21N2.NO3/c1-3-5-6-7-9-14-11-10-13(12-14)8-4-2;2-1(3)4/h4,10-12H,2-3,5-9H2,1H3;/q+1;-1. The third kappa shape index (κ3) is 9.38. The molecule has 0 aliphatic heterocycles. The molecule has 18 heavy (non-hydrogen) atoms. The molecule has 1 aromatic heterocycles. The number of aromatic nitrogens is 2. The van der Waals surface area contributed by atoms with E-state index in [2.05, 4.69) is 41.4 Å². The van der Waals surface area contributed by atoms with Crippen molar-refractivity contribution in [1.82, 2.24) is 4.57 Å². The summed E-state index contributed by atoms with van der Waals surface area (Å²) in [6, 6.07) is 0. The zero-order chi connectivity index (χ0) is 13.8. The highest BCUT2D eigenvalue weighted by molar-refractivity contribution is 4.73. The maximum absolute atomic E-state index is 8.25. The van der Waals surface area contributed by atoms with Crippen LogP contribution in [0.5, 0.6) is 0 Å². The average Bonchev–Trinajstić information content (AvgIpc) is 2.72. The van der Waals surface area contributed by atoms with Crippen molar-refractivity contribution in [3.63, 3.8) is 0 Å². The highest BCUT2D eigenvalue weighted by Gasteiger charge is 2.00. The number of rotatable bonds is 7. The Balaban J connectivity index is 0.000000631. The Hall–Kier alpha value is -1.85. The van der Waals surface area contributed by atoms with Crippen molar-refractivity contribution in [2.24, 2.45) is 0 Å². The van der Waals surface area contributed by atoms with Gasteiger partial charge in [0.15, 0.2) is 0 Å². The van der Waals surface area contributed by atoms with Gasteiger partial charge in [0.05, 0.1) is 11.6 Å². The average molecular weight is 255 g/mol. The first-order chi connectivity index (χ1) is 8.60. The van der Waals surface area contributed by atoms with Crippen molar-refractivity contribution in [3.8, 4) is 0 Å². The van der Waals surface area contributed by atoms with Crippen LogP contribution < -0.4 is 4.57 Å². The van der Waals surface area contributed by atoms with Gasteiger partial charge in [0.2, 0.25) is 6.33 Å². The van der Waals surface area contributed by atoms with Crippen LogP contribution in [0.3, 0.4) is 0 Å². The minimum Gasteiger partial charge on any atom is -0.356 e.